The minimum Gasteiger partial charge on any atom is -0.324 e. The Kier molecular flexibility index (Phi) is 7.11. The fraction of sp³-hybridized carbons (Fsp3) is 0.308. The van der Waals surface area contributed by atoms with Crippen molar-refractivity contribution in [1.29, 1.82) is 0 Å². The Morgan fingerprint density at radius 1 is 0.818 bits per heavy atom. The van der Waals surface area contributed by atoms with Gasteiger partial charge in [-0.1, -0.05) is 61.4 Å². The van der Waals surface area contributed by atoms with Crippen LogP contribution >= 0.6 is 0 Å². The highest BCUT2D eigenvalue weighted by Crippen LogP contribution is 2.22. The van der Waals surface area contributed by atoms with E-state index in [1.54, 1.807) is 26.8 Å². The zero-order chi connectivity index (χ0) is 24.3. The molecule has 0 saturated heterocycles. The molecule has 3 rings (SSSR count). The Balaban J connectivity index is 2.03. The number of benzene rings is 2. The van der Waals surface area contributed by atoms with Crippen molar-refractivity contribution in [2.45, 2.75) is 47.6 Å². The summed E-state index contributed by atoms with van der Waals surface area (Å²) in [5.74, 6) is -0.968. The fourth-order valence-corrected chi connectivity index (χ4v) is 3.31. The lowest BCUT2D eigenvalue weighted by Gasteiger charge is -2.18. The van der Waals surface area contributed by atoms with Crippen molar-refractivity contribution in [1.82, 2.24) is 9.78 Å². The highest BCUT2D eigenvalue weighted by Gasteiger charge is 2.22. The van der Waals surface area contributed by atoms with Crippen molar-refractivity contribution >= 4 is 23.2 Å². The van der Waals surface area contributed by atoms with E-state index < -0.39 is 11.6 Å². The van der Waals surface area contributed by atoms with Gasteiger partial charge in [-0.25, -0.2) is 4.68 Å². The van der Waals surface area contributed by atoms with E-state index in [1.807, 2.05) is 63.2 Å². The van der Waals surface area contributed by atoms with Crippen molar-refractivity contribution in [3.8, 4) is 11.3 Å². The van der Waals surface area contributed by atoms with Gasteiger partial charge in [-0.15, -0.1) is 0 Å². The van der Waals surface area contributed by atoms with Crippen LogP contribution in [0.25, 0.3) is 11.3 Å². The molecule has 1 atom stereocenters. The summed E-state index contributed by atoms with van der Waals surface area (Å²) in [5, 5.41) is 10.0. The largest absolute Gasteiger partial charge is 0.324 e. The highest BCUT2D eigenvalue weighted by molar-refractivity contribution is 5.95. The Labute approximate surface area is 193 Å². The quantitative estimate of drug-likeness (QED) is 0.577. The lowest BCUT2D eigenvalue weighted by atomic mass is 10.1. The molecule has 0 aliphatic carbocycles. The maximum atomic E-state index is 13.2. The molecule has 172 valence electrons. The second kappa shape index (κ2) is 9.81. The number of amides is 2. The van der Waals surface area contributed by atoms with E-state index in [9.17, 15) is 14.4 Å². The van der Waals surface area contributed by atoms with E-state index in [0.29, 0.717) is 11.4 Å². The van der Waals surface area contributed by atoms with Gasteiger partial charge in [-0.3, -0.25) is 14.4 Å². The van der Waals surface area contributed by atoms with Crippen molar-refractivity contribution in [2.24, 2.45) is 5.92 Å². The molecule has 2 N–H and O–H groups in total. The molecule has 0 bridgehead atoms. The van der Waals surface area contributed by atoms with Gasteiger partial charge < -0.3 is 10.6 Å². The number of carbonyl (C=O) groups is 2. The number of aryl methyl sites for hydroxylation is 3. The normalized spacial score (nSPS) is 11.8. The molecule has 0 saturated carbocycles. The fourth-order valence-electron chi connectivity index (χ4n) is 3.31. The third kappa shape index (κ3) is 5.55. The topological polar surface area (TPSA) is 93.1 Å². The first-order valence-electron chi connectivity index (χ1n) is 11.0. The number of hydrogen-bond donors (Lipinski definition) is 2. The van der Waals surface area contributed by atoms with Crippen LogP contribution in [-0.2, 0) is 9.59 Å². The van der Waals surface area contributed by atoms with Crippen molar-refractivity contribution in [2.75, 3.05) is 10.6 Å². The molecule has 0 aliphatic rings. The van der Waals surface area contributed by atoms with Gasteiger partial charge in [0, 0.05) is 17.2 Å². The summed E-state index contributed by atoms with van der Waals surface area (Å²) < 4.78 is 1.13. The van der Waals surface area contributed by atoms with E-state index in [4.69, 9.17) is 0 Å². The first-order valence-corrected chi connectivity index (χ1v) is 11.0. The number of anilines is 2. The van der Waals surface area contributed by atoms with Crippen LogP contribution in [0.2, 0.25) is 0 Å². The molecule has 33 heavy (non-hydrogen) atoms. The summed E-state index contributed by atoms with van der Waals surface area (Å²) in [5.41, 5.74) is 4.59. The number of carbonyl (C=O) groups excluding carboxylic acids is 2. The third-order valence-corrected chi connectivity index (χ3v) is 5.45. The molecule has 1 aromatic heterocycles. The highest BCUT2D eigenvalue weighted by atomic mass is 16.2. The van der Waals surface area contributed by atoms with Gasteiger partial charge in [0.15, 0.2) is 0 Å². The Morgan fingerprint density at radius 2 is 1.42 bits per heavy atom. The Morgan fingerprint density at radius 3 is 2.03 bits per heavy atom. The number of hydrogen-bond acceptors (Lipinski definition) is 4. The smallest absolute Gasteiger partial charge is 0.291 e. The van der Waals surface area contributed by atoms with E-state index >= 15 is 0 Å². The Bertz CT molecular complexity index is 1240. The van der Waals surface area contributed by atoms with Gasteiger partial charge in [0.25, 0.3) is 5.56 Å². The molecule has 7 heteroatoms. The molecule has 2 amide bonds. The predicted octanol–water partition coefficient (Wildman–Crippen LogP) is 4.63. The summed E-state index contributed by atoms with van der Waals surface area (Å²) in [4.78, 5) is 38.5. The van der Waals surface area contributed by atoms with Crippen molar-refractivity contribution in [3.63, 3.8) is 0 Å². The summed E-state index contributed by atoms with van der Waals surface area (Å²) in [6.07, 6.45) is 0. The van der Waals surface area contributed by atoms with Crippen molar-refractivity contribution in [3.05, 3.63) is 75.6 Å². The standard InChI is InChI=1S/C26H30N4O3/c1-15(2)24(31)28-23-14-22(20-10-7-16(3)8-11-20)29-30(26(23)33)19(6)25(32)27-21-12-9-17(4)13-18(21)5/h7-15,19H,1-6H3,(H,27,32)(H,28,31)/t19-/m1/s1. The summed E-state index contributed by atoms with van der Waals surface area (Å²) in [6, 6.07) is 14.0. The molecule has 1 heterocycles. The number of aromatic nitrogens is 2. The van der Waals surface area contributed by atoms with Crippen molar-refractivity contribution < 1.29 is 9.59 Å². The van der Waals surface area contributed by atoms with Crippen LogP contribution in [0, 0.1) is 26.7 Å². The molecule has 7 nitrogen and oxygen atoms in total. The summed E-state index contributed by atoms with van der Waals surface area (Å²) in [7, 11) is 0. The maximum Gasteiger partial charge on any atom is 0.291 e. The van der Waals surface area contributed by atoms with Gasteiger partial charge in [-0.2, -0.15) is 5.10 Å². The van der Waals surface area contributed by atoms with E-state index in [0.717, 1.165) is 26.9 Å². The third-order valence-electron chi connectivity index (χ3n) is 5.45. The summed E-state index contributed by atoms with van der Waals surface area (Å²) >= 11 is 0. The summed E-state index contributed by atoms with van der Waals surface area (Å²) in [6.45, 7) is 11.0. The zero-order valence-electron chi connectivity index (χ0n) is 19.9. The molecular formula is C26H30N4O3. The van der Waals surface area contributed by atoms with Crippen LogP contribution < -0.4 is 16.2 Å². The van der Waals surface area contributed by atoms with Crippen LogP contribution in [0.1, 0.15) is 43.5 Å². The van der Waals surface area contributed by atoms with Crippen LogP contribution in [0.5, 0.6) is 0 Å². The molecule has 0 spiro atoms. The Hall–Kier alpha value is -3.74. The van der Waals surface area contributed by atoms with Gasteiger partial charge >= 0.3 is 0 Å². The van der Waals surface area contributed by atoms with E-state index in [-0.39, 0.29) is 23.4 Å². The van der Waals surface area contributed by atoms with Gasteiger partial charge in [0.2, 0.25) is 11.8 Å². The molecule has 0 radical (unpaired) electrons. The lowest BCUT2D eigenvalue weighted by molar-refractivity contribution is -0.119. The van der Waals surface area contributed by atoms with E-state index in [1.165, 1.54) is 0 Å². The molecule has 3 aromatic rings. The SMILES string of the molecule is Cc1ccc(-c2cc(NC(=O)C(C)C)c(=O)n([C@H](C)C(=O)Nc3ccc(C)cc3C)n2)cc1. The average Bonchev–Trinajstić information content (AvgIpc) is 2.77. The molecule has 2 aromatic carbocycles. The first-order chi connectivity index (χ1) is 15.6. The second-order valence-electron chi connectivity index (χ2n) is 8.69. The predicted molar refractivity (Wildman–Crippen MR) is 131 cm³/mol. The second-order valence-corrected chi connectivity index (χ2v) is 8.69. The molecule has 0 fully saturated rings. The number of rotatable bonds is 6. The number of nitrogens with zero attached hydrogens (tertiary/aromatic N) is 2. The molecule has 0 aliphatic heterocycles. The lowest BCUT2D eigenvalue weighted by Crippen LogP contribution is -2.36. The average molecular weight is 447 g/mol. The van der Waals surface area contributed by atoms with E-state index in [2.05, 4.69) is 15.7 Å². The van der Waals surface area contributed by atoms with Crippen LogP contribution in [0.4, 0.5) is 11.4 Å². The monoisotopic (exact) mass is 446 g/mol. The zero-order valence-corrected chi connectivity index (χ0v) is 19.9. The minimum atomic E-state index is -0.904. The van der Waals surface area contributed by atoms with Crippen LogP contribution in [-0.4, -0.2) is 21.6 Å². The van der Waals surface area contributed by atoms with Gasteiger partial charge in [-0.05, 0) is 45.4 Å². The molecule has 0 unspecified atom stereocenters. The first kappa shape index (κ1) is 23.9. The minimum absolute atomic E-state index is 0.0884. The van der Waals surface area contributed by atoms with Crippen LogP contribution in [0.15, 0.2) is 53.3 Å². The van der Waals surface area contributed by atoms with Gasteiger partial charge in [0.05, 0.1) is 5.69 Å². The molecular weight excluding hydrogens is 416 g/mol. The van der Waals surface area contributed by atoms with Gasteiger partial charge in [0.1, 0.15) is 11.7 Å². The maximum absolute atomic E-state index is 13.2. The number of nitrogens with one attached hydrogen (secondary N) is 2. The van der Waals surface area contributed by atoms with Crippen LogP contribution in [0.3, 0.4) is 0 Å².